The average molecular weight is 147 g/mol. The molecule has 0 saturated heterocycles. The first-order chi connectivity index (χ1) is 5.36. The van der Waals surface area contributed by atoms with Crippen molar-refractivity contribution >= 4 is 11.0 Å². The highest BCUT2D eigenvalue weighted by Gasteiger charge is 1.98. The van der Waals surface area contributed by atoms with Crippen molar-refractivity contribution in [2.45, 2.75) is 0 Å². The Labute approximate surface area is 62.7 Å². The molecule has 0 radical (unpaired) electrons. The van der Waals surface area contributed by atoms with Crippen LogP contribution < -0.4 is 4.73 Å². The number of hydrogen-bond donors (Lipinski definition) is 0. The van der Waals surface area contributed by atoms with Crippen molar-refractivity contribution in [3.8, 4) is 0 Å². The number of rotatable bonds is 0. The summed E-state index contributed by atoms with van der Waals surface area (Å²) in [7, 11) is 0. The lowest BCUT2D eigenvalue weighted by molar-refractivity contribution is -0.607. The van der Waals surface area contributed by atoms with Gasteiger partial charge in [0, 0.05) is 6.20 Å². The minimum Gasteiger partial charge on any atom is -0.711 e. The molecule has 0 unspecified atom stereocenters. The van der Waals surface area contributed by atoms with Crippen molar-refractivity contribution in [1.29, 1.82) is 0 Å². The lowest BCUT2D eigenvalue weighted by Gasteiger charge is -1.97. The monoisotopic (exact) mass is 147 g/mol. The number of fused-ring (bicyclic) bond motifs is 1. The fourth-order valence-electron chi connectivity index (χ4n) is 0.891. The molecule has 0 saturated carbocycles. The Kier molecular flexibility index (Phi) is 1.18. The molecule has 11 heavy (non-hydrogen) atoms. The van der Waals surface area contributed by atoms with Crippen molar-refractivity contribution in [2.75, 3.05) is 0 Å². The summed E-state index contributed by atoms with van der Waals surface area (Å²) in [4.78, 5) is 7.83. The highest BCUT2D eigenvalue weighted by atomic mass is 16.5. The molecule has 0 N–H and O–H groups in total. The average Bonchev–Trinajstić information content (AvgIpc) is 2.04. The van der Waals surface area contributed by atoms with Crippen LogP contribution in [0.15, 0.2) is 30.9 Å². The van der Waals surface area contributed by atoms with E-state index < -0.39 is 0 Å². The van der Waals surface area contributed by atoms with Gasteiger partial charge in [-0.1, -0.05) is 0 Å². The van der Waals surface area contributed by atoms with E-state index in [1.165, 1.54) is 12.5 Å². The van der Waals surface area contributed by atoms with Crippen LogP contribution >= 0.6 is 0 Å². The molecule has 0 aliphatic heterocycles. The molecule has 2 rings (SSSR count). The van der Waals surface area contributed by atoms with Crippen LogP contribution in [0.2, 0.25) is 0 Å². The van der Waals surface area contributed by atoms with E-state index in [-0.39, 0.29) is 0 Å². The molecule has 0 spiro atoms. The largest absolute Gasteiger partial charge is 0.711 e. The number of nitrogens with zero attached hydrogens (tertiary/aromatic N) is 3. The van der Waals surface area contributed by atoms with Crippen molar-refractivity contribution in [3.63, 3.8) is 0 Å². The minimum atomic E-state index is 0.616. The van der Waals surface area contributed by atoms with Crippen molar-refractivity contribution < 1.29 is 4.73 Å². The third kappa shape index (κ3) is 0.980. The van der Waals surface area contributed by atoms with E-state index in [1.807, 2.05) is 6.07 Å². The Hall–Kier alpha value is -1.71. The number of pyridine rings is 1. The summed E-state index contributed by atoms with van der Waals surface area (Å²) < 4.78 is 0.634. The summed E-state index contributed by atoms with van der Waals surface area (Å²) >= 11 is 0. The third-order valence-corrected chi connectivity index (χ3v) is 1.38. The van der Waals surface area contributed by atoms with E-state index in [4.69, 9.17) is 0 Å². The van der Waals surface area contributed by atoms with Gasteiger partial charge in [-0.15, -0.1) is 0 Å². The zero-order valence-corrected chi connectivity index (χ0v) is 5.64. The van der Waals surface area contributed by atoms with E-state index in [1.54, 1.807) is 12.3 Å². The predicted octanol–water partition coefficient (Wildman–Crippen LogP) is 0.263. The lowest BCUT2D eigenvalue weighted by atomic mass is 10.4. The van der Waals surface area contributed by atoms with Crippen LogP contribution in [0.3, 0.4) is 0 Å². The van der Waals surface area contributed by atoms with Gasteiger partial charge in [0.2, 0.25) is 5.52 Å². The minimum absolute atomic E-state index is 0.616. The van der Waals surface area contributed by atoms with Crippen LogP contribution in [-0.4, -0.2) is 9.97 Å². The third-order valence-electron chi connectivity index (χ3n) is 1.38. The maximum absolute atomic E-state index is 10.7. The summed E-state index contributed by atoms with van der Waals surface area (Å²) in [5, 5.41) is 10.7. The molecular weight excluding hydrogens is 142 g/mol. The summed E-state index contributed by atoms with van der Waals surface area (Å²) in [6.45, 7) is 0. The van der Waals surface area contributed by atoms with Crippen molar-refractivity contribution in [3.05, 3.63) is 36.1 Å². The van der Waals surface area contributed by atoms with E-state index in [9.17, 15) is 5.21 Å². The summed E-state index contributed by atoms with van der Waals surface area (Å²) in [6.07, 6.45) is 4.23. The summed E-state index contributed by atoms with van der Waals surface area (Å²) in [5.41, 5.74) is 1.35. The normalized spacial score (nSPS) is 10.2. The first-order valence-corrected chi connectivity index (χ1v) is 3.16. The van der Waals surface area contributed by atoms with E-state index in [0.717, 1.165) is 5.52 Å². The van der Waals surface area contributed by atoms with Gasteiger partial charge in [-0.05, 0) is 17.1 Å². The highest BCUT2D eigenvalue weighted by Crippen LogP contribution is 2.01. The summed E-state index contributed by atoms with van der Waals surface area (Å²) in [5.74, 6) is 0. The fourth-order valence-corrected chi connectivity index (χ4v) is 0.891. The molecule has 0 aliphatic rings. The molecule has 2 heterocycles. The number of aromatic nitrogens is 3. The van der Waals surface area contributed by atoms with E-state index >= 15 is 0 Å². The van der Waals surface area contributed by atoms with Gasteiger partial charge in [0.15, 0.2) is 5.52 Å². The molecule has 54 valence electrons. The van der Waals surface area contributed by atoms with Crippen molar-refractivity contribution in [2.24, 2.45) is 0 Å². The van der Waals surface area contributed by atoms with Gasteiger partial charge < -0.3 is 5.21 Å². The van der Waals surface area contributed by atoms with Crippen LogP contribution in [0.25, 0.3) is 11.0 Å². The quantitative estimate of drug-likeness (QED) is 0.397. The van der Waals surface area contributed by atoms with Crippen LogP contribution in [0.1, 0.15) is 0 Å². The zero-order chi connectivity index (χ0) is 7.68. The molecule has 4 heteroatoms. The van der Waals surface area contributed by atoms with Gasteiger partial charge in [-0.25, -0.2) is 9.71 Å². The Morgan fingerprint density at radius 1 is 1.27 bits per heavy atom. The van der Waals surface area contributed by atoms with Gasteiger partial charge in [0.05, 0.1) is 0 Å². The lowest BCUT2D eigenvalue weighted by Crippen LogP contribution is -2.25. The Bertz CT molecular complexity index is 388. The molecule has 0 aromatic carbocycles. The van der Waals surface area contributed by atoms with Crippen LogP contribution in [0, 0.1) is 5.21 Å². The second-order valence-electron chi connectivity index (χ2n) is 2.14. The first kappa shape index (κ1) is 6.03. The van der Waals surface area contributed by atoms with Gasteiger partial charge in [-0.2, -0.15) is 0 Å². The highest BCUT2D eigenvalue weighted by molar-refractivity contribution is 5.71. The molecule has 0 bridgehead atoms. The Balaban J connectivity index is 2.83. The maximum Gasteiger partial charge on any atom is 0.289 e. The molecule has 2 aromatic rings. The SMILES string of the molecule is [O-][n+]1cnc2cccnc2c1. The van der Waals surface area contributed by atoms with Gasteiger partial charge >= 0.3 is 0 Å². The van der Waals surface area contributed by atoms with Crippen LogP contribution in [0.4, 0.5) is 0 Å². The first-order valence-electron chi connectivity index (χ1n) is 3.16. The Morgan fingerprint density at radius 3 is 3.09 bits per heavy atom. The summed E-state index contributed by atoms with van der Waals surface area (Å²) in [6, 6.07) is 3.59. The maximum atomic E-state index is 10.7. The zero-order valence-electron chi connectivity index (χ0n) is 5.64. The molecule has 0 aliphatic carbocycles. The smallest absolute Gasteiger partial charge is 0.289 e. The molecule has 0 fully saturated rings. The van der Waals surface area contributed by atoms with Crippen molar-refractivity contribution in [1.82, 2.24) is 9.97 Å². The molecule has 4 nitrogen and oxygen atoms in total. The van der Waals surface area contributed by atoms with E-state index in [0.29, 0.717) is 10.2 Å². The molecule has 0 amide bonds. The standard InChI is InChI=1S/C7H5N3O/c11-10-4-7-6(9-5-10)2-1-3-8-7/h1-5H. The predicted molar refractivity (Wildman–Crippen MR) is 38.5 cm³/mol. The van der Waals surface area contributed by atoms with Gasteiger partial charge in [-0.3, -0.25) is 0 Å². The topological polar surface area (TPSA) is 52.7 Å². The fraction of sp³-hybridized carbons (Fsp3) is 0. The Morgan fingerprint density at radius 2 is 2.18 bits per heavy atom. The molecule has 0 atom stereocenters. The second-order valence-corrected chi connectivity index (χ2v) is 2.14. The van der Waals surface area contributed by atoms with Crippen LogP contribution in [0.5, 0.6) is 0 Å². The van der Waals surface area contributed by atoms with Crippen LogP contribution in [-0.2, 0) is 0 Å². The molecule has 2 aromatic heterocycles. The van der Waals surface area contributed by atoms with Gasteiger partial charge in [0.25, 0.3) is 6.33 Å². The van der Waals surface area contributed by atoms with E-state index in [2.05, 4.69) is 9.97 Å². The number of hydrogen-bond acceptors (Lipinski definition) is 3. The van der Waals surface area contributed by atoms with Gasteiger partial charge in [0.1, 0.15) is 6.20 Å². The second kappa shape index (κ2) is 2.16. The molecular formula is C7H5N3O.